The third-order valence-corrected chi connectivity index (χ3v) is 7.37. The number of urea groups is 1. The SMILES string of the molecule is CC(C)S(=O)(=O)c1csc(NC(=O)N(Cl)c2ccc(C(C)(C)C)cc2)c1. The van der Waals surface area contributed by atoms with Crippen LogP contribution in [0.4, 0.5) is 15.5 Å². The molecule has 0 aliphatic heterocycles. The van der Waals surface area contributed by atoms with Crippen LogP contribution in [0.5, 0.6) is 0 Å². The number of rotatable bonds is 4. The lowest BCUT2D eigenvalue weighted by Crippen LogP contribution is -2.26. The van der Waals surface area contributed by atoms with Gasteiger partial charge < -0.3 is 0 Å². The van der Waals surface area contributed by atoms with Crippen LogP contribution in [0.2, 0.25) is 0 Å². The Morgan fingerprint density at radius 1 is 1.19 bits per heavy atom. The molecule has 0 radical (unpaired) electrons. The fourth-order valence-electron chi connectivity index (χ4n) is 2.17. The van der Waals surface area contributed by atoms with E-state index < -0.39 is 21.1 Å². The Bertz CT molecular complexity index is 882. The Morgan fingerprint density at radius 2 is 1.77 bits per heavy atom. The Kier molecular flexibility index (Phi) is 6.05. The van der Waals surface area contributed by atoms with Gasteiger partial charge in [-0.1, -0.05) is 32.9 Å². The highest BCUT2D eigenvalue weighted by Crippen LogP contribution is 2.29. The summed E-state index contributed by atoms with van der Waals surface area (Å²) in [7, 11) is -3.37. The van der Waals surface area contributed by atoms with Gasteiger partial charge in [-0.05, 0) is 43.0 Å². The van der Waals surface area contributed by atoms with Gasteiger partial charge in [0.2, 0.25) is 0 Å². The second-order valence-corrected chi connectivity index (χ2v) is 11.0. The monoisotopic (exact) mass is 414 g/mol. The summed E-state index contributed by atoms with van der Waals surface area (Å²) in [5.74, 6) is 0. The Balaban J connectivity index is 2.12. The molecule has 0 atom stereocenters. The molecule has 2 amide bonds. The number of carbonyl (C=O) groups excluding carboxylic acids is 1. The number of nitrogens with zero attached hydrogens (tertiary/aromatic N) is 1. The average Bonchev–Trinajstić information content (AvgIpc) is 3.02. The Morgan fingerprint density at radius 3 is 2.27 bits per heavy atom. The summed E-state index contributed by atoms with van der Waals surface area (Å²) in [4.78, 5) is 12.5. The van der Waals surface area contributed by atoms with Crippen LogP contribution in [0.15, 0.2) is 40.6 Å². The van der Waals surface area contributed by atoms with Crippen molar-refractivity contribution in [3.05, 3.63) is 41.3 Å². The third-order valence-electron chi connectivity index (χ3n) is 3.89. The largest absolute Gasteiger partial charge is 0.341 e. The molecular formula is C18H23ClN2O3S2. The van der Waals surface area contributed by atoms with E-state index in [9.17, 15) is 13.2 Å². The lowest BCUT2D eigenvalue weighted by atomic mass is 9.87. The molecular weight excluding hydrogens is 392 g/mol. The predicted molar refractivity (Wildman–Crippen MR) is 109 cm³/mol. The van der Waals surface area contributed by atoms with Gasteiger partial charge in [0.1, 0.15) is 0 Å². The Hall–Kier alpha value is -1.57. The summed E-state index contributed by atoms with van der Waals surface area (Å²) in [6, 6.07) is 8.30. The van der Waals surface area contributed by atoms with Crippen LogP contribution >= 0.6 is 23.1 Å². The number of sulfone groups is 1. The smallest absolute Gasteiger partial charge is 0.298 e. The second kappa shape index (κ2) is 7.58. The molecule has 0 aliphatic carbocycles. The standard InChI is InChI=1S/C18H23ClN2O3S2/c1-12(2)26(23,24)15-10-16(25-11-15)20-17(22)21(19)14-8-6-13(7-9-14)18(3,4)5/h6-12H,1-5H3,(H,20,22). The van der Waals surface area contributed by atoms with Gasteiger partial charge in [0, 0.05) is 17.2 Å². The Labute approximate surface area is 164 Å². The van der Waals surface area contributed by atoms with Gasteiger partial charge in [0.15, 0.2) is 9.84 Å². The van der Waals surface area contributed by atoms with Crippen LogP contribution in [-0.2, 0) is 15.3 Å². The predicted octanol–water partition coefficient (Wildman–Crippen LogP) is 5.42. The number of amides is 2. The summed E-state index contributed by atoms with van der Waals surface area (Å²) < 4.78 is 25.3. The van der Waals surface area contributed by atoms with Crippen molar-refractivity contribution in [2.75, 3.05) is 9.74 Å². The first-order chi connectivity index (χ1) is 11.9. The first kappa shape index (κ1) is 20.7. The normalized spacial score (nSPS) is 12.3. The summed E-state index contributed by atoms with van der Waals surface area (Å²) >= 11 is 7.27. The van der Waals surface area contributed by atoms with Gasteiger partial charge in [0.25, 0.3) is 0 Å². The van der Waals surface area contributed by atoms with Gasteiger partial charge in [-0.15, -0.1) is 11.3 Å². The minimum absolute atomic E-state index is 0.00715. The molecule has 0 saturated carbocycles. The number of hydrogen-bond donors (Lipinski definition) is 1. The number of benzene rings is 1. The van der Waals surface area contributed by atoms with Crippen molar-refractivity contribution in [2.45, 2.75) is 50.2 Å². The maximum Gasteiger partial charge on any atom is 0.341 e. The molecule has 0 saturated heterocycles. The van der Waals surface area contributed by atoms with E-state index in [1.54, 1.807) is 26.0 Å². The summed E-state index contributed by atoms with van der Waals surface area (Å²) in [6.07, 6.45) is 0. The summed E-state index contributed by atoms with van der Waals surface area (Å²) in [6.45, 7) is 9.55. The molecule has 8 heteroatoms. The lowest BCUT2D eigenvalue weighted by Gasteiger charge is -2.20. The molecule has 0 aliphatic rings. The maximum atomic E-state index is 12.3. The molecule has 0 fully saturated rings. The number of halogens is 1. The molecule has 26 heavy (non-hydrogen) atoms. The molecule has 1 aromatic carbocycles. The third kappa shape index (κ3) is 4.58. The molecule has 0 unspecified atom stereocenters. The molecule has 2 rings (SSSR count). The molecule has 1 aromatic heterocycles. The molecule has 1 heterocycles. The molecule has 0 spiro atoms. The van der Waals surface area contributed by atoms with Gasteiger partial charge in [0.05, 0.1) is 20.8 Å². The number of hydrogen-bond acceptors (Lipinski definition) is 4. The van der Waals surface area contributed by atoms with E-state index in [-0.39, 0.29) is 10.3 Å². The zero-order chi connectivity index (χ0) is 19.7. The first-order valence-electron chi connectivity index (χ1n) is 8.13. The van der Waals surface area contributed by atoms with E-state index in [0.717, 1.165) is 21.3 Å². The number of carbonyl (C=O) groups is 1. The summed E-state index contributed by atoms with van der Waals surface area (Å²) in [5.41, 5.74) is 1.67. The minimum Gasteiger partial charge on any atom is -0.298 e. The topological polar surface area (TPSA) is 66.5 Å². The molecule has 0 bridgehead atoms. The van der Waals surface area contributed by atoms with E-state index in [2.05, 4.69) is 26.1 Å². The molecule has 1 N–H and O–H groups in total. The minimum atomic E-state index is -3.37. The molecule has 142 valence electrons. The van der Waals surface area contributed by atoms with Crippen LogP contribution < -0.4 is 9.74 Å². The van der Waals surface area contributed by atoms with Crippen molar-refractivity contribution in [3.63, 3.8) is 0 Å². The number of nitrogens with one attached hydrogen (secondary N) is 1. The van der Waals surface area contributed by atoms with E-state index in [1.807, 2.05) is 12.1 Å². The van der Waals surface area contributed by atoms with Gasteiger partial charge in [-0.25, -0.2) is 17.6 Å². The van der Waals surface area contributed by atoms with Crippen LogP contribution in [-0.4, -0.2) is 19.7 Å². The van der Waals surface area contributed by atoms with Crippen molar-refractivity contribution >= 4 is 49.7 Å². The van der Waals surface area contributed by atoms with Crippen LogP contribution in [0.3, 0.4) is 0 Å². The van der Waals surface area contributed by atoms with Crippen molar-refractivity contribution in [3.8, 4) is 0 Å². The van der Waals surface area contributed by atoms with Crippen molar-refractivity contribution in [2.24, 2.45) is 0 Å². The van der Waals surface area contributed by atoms with Crippen LogP contribution in [0, 0.1) is 0 Å². The van der Waals surface area contributed by atoms with Gasteiger partial charge in [-0.2, -0.15) is 0 Å². The summed E-state index contributed by atoms with van der Waals surface area (Å²) in [5, 5.41) is 4.04. The highest BCUT2D eigenvalue weighted by atomic mass is 35.5. The van der Waals surface area contributed by atoms with Crippen LogP contribution in [0.1, 0.15) is 40.2 Å². The fourth-order valence-corrected chi connectivity index (χ4v) is 4.56. The highest BCUT2D eigenvalue weighted by Gasteiger charge is 2.22. The van der Waals surface area contributed by atoms with Gasteiger partial charge >= 0.3 is 6.03 Å². The van der Waals surface area contributed by atoms with E-state index in [4.69, 9.17) is 11.8 Å². The van der Waals surface area contributed by atoms with Crippen molar-refractivity contribution < 1.29 is 13.2 Å². The average molecular weight is 415 g/mol. The van der Waals surface area contributed by atoms with E-state index in [1.165, 1.54) is 11.4 Å². The van der Waals surface area contributed by atoms with Crippen molar-refractivity contribution in [1.82, 2.24) is 0 Å². The zero-order valence-electron chi connectivity index (χ0n) is 15.4. The van der Waals surface area contributed by atoms with Crippen molar-refractivity contribution in [1.29, 1.82) is 0 Å². The molecule has 2 aromatic rings. The number of anilines is 2. The lowest BCUT2D eigenvalue weighted by molar-refractivity contribution is 0.260. The fraction of sp³-hybridized carbons (Fsp3) is 0.389. The second-order valence-electron chi connectivity index (χ2n) is 7.25. The molecule has 5 nitrogen and oxygen atoms in total. The van der Waals surface area contributed by atoms with E-state index >= 15 is 0 Å². The van der Waals surface area contributed by atoms with Gasteiger partial charge in [-0.3, -0.25) is 5.32 Å². The zero-order valence-corrected chi connectivity index (χ0v) is 17.8. The first-order valence-corrected chi connectivity index (χ1v) is 10.9. The maximum absolute atomic E-state index is 12.3. The highest BCUT2D eigenvalue weighted by molar-refractivity contribution is 7.92. The van der Waals surface area contributed by atoms with E-state index in [0.29, 0.717) is 10.7 Å². The van der Waals surface area contributed by atoms with Crippen LogP contribution in [0.25, 0.3) is 0 Å². The quantitative estimate of drug-likeness (QED) is 0.679. The number of thiophene rings is 1.